The first-order valence-electron chi connectivity index (χ1n) is 10.2. The number of ether oxygens (including phenoxy) is 1. The van der Waals surface area contributed by atoms with Crippen LogP contribution in [0.25, 0.3) is 15.9 Å². The Kier molecular flexibility index (Phi) is 6.91. The van der Waals surface area contributed by atoms with Gasteiger partial charge in [-0.15, -0.1) is 11.8 Å². The van der Waals surface area contributed by atoms with Crippen LogP contribution >= 0.6 is 11.8 Å². The molecule has 0 radical (unpaired) electrons. The molecule has 0 amide bonds. The molecule has 176 valence electrons. The summed E-state index contributed by atoms with van der Waals surface area (Å²) >= 11 is 1.46. The molecule has 0 spiro atoms. The number of benzene rings is 2. The van der Waals surface area contributed by atoms with E-state index in [-0.39, 0.29) is 11.3 Å². The number of aromatic amines is 1. The Balaban J connectivity index is 2.09. The molecule has 2 aromatic carbocycles. The van der Waals surface area contributed by atoms with Crippen molar-refractivity contribution in [2.75, 3.05) is 13.4 Å². The maximum absolute atomic E-state index is 14.3. The third-order valence-electron chi connectivity index (χ3n) is 5.81. The van der Waals surface area contributed by atoms with Gasteiger partial charge >= 0.3 is 12.2 Å². The van der Waals surface area contributed by atoms with Gasteiger partial charge in [0.25, 0.3) is 0 Å². The fourth-order valence-electron chi connectivity index (χ4n) is 4.23. The lowest BCUT2D eigenvalue weighted by Gasteiger charge is -2.38. The van der Waals surface area contributed by atoms with Crippen LogP contribution in [0.4, 0.5) is 13.2 Å². The van der Waals surface area contributed by atoms with Gasteiger partial charge in [0, 0.05) is 38.5 Å². The maximum Gasteiger partial charge on any atom is 0.417 e. The van der Waals surface area contributed by atoms with Crippen LogP contribution in [0.2, 0.25) is 0 Å². The number of aliphatic hydroxyl groups is 1. The summed E-state index contributed by atoms with van der Waals surface area (Å²) in [7, 11) is 1.46. The van der Waals surface area contributed by atoms with E-state index in [4.69, 9.17) is 4.74 Å². The van der Waals surface area contributed by atoms with Gasteiger partial charge in [-0.3, -0.25) is 0 Å². The summed E-state index contributed by atoms with van der Waals surface area (Å²) in [5, 5.41) is 25.1. The van der Waals surface area contributed by atoms with Crippen LogP contribution in [0.1, 0.15) is 37.1 Å². The van der Waals surface area contributed by atoms with E-state index in [0.717, 1.165) is 4.90 Å². The minimum atomic E-state index is -4.95. The van der Waals surface area contributed by atoms with Gasteiger partial charge in [0.15, 0.2) is 5.60 Å². The smallest absolute Gasteiger partial charge is 0.417 e. The third-order valence-corrected chi connectivity index (χ3v) is 6.53. The van der Waals surface area contributed by atoms with Crippen molar-refractivity contribution in [1.82, 2.24) is 4.98 Å². The fourth-order valence-corrected chi connectivity index (χ4v) is 4.67. The van der Waals surface area contributed by atoms with Crippen molar-refractivity contribution in [1.29, 1.82) is 0 Å². The summed E-state index contributed by atoms with van der Waals surface area (Å²) < 4.78 is 48.4. The average Bonchev–Trinajstić information content (AvgIpc) is 3.09. The number of hydrogen-bond donors (Lipinski definition) is 2. The standard InChI is InChI=1S/C24H25F3N2O3S/c1-22(2,18-11-15(33-4)9-10-21(18)32-3)14-23(30,24(25,26)27)12-20-17(13-28-31)16-7-5-6-8-19(16)29-20/h5-11,29-30H,12,14H2,1-4H3. The molecule has 3 aromatic rings. The number of aromatic nitrogens is 1. The largest absolute Gasteiger partial charge is 0.498 e. The first-order valence-corrected chi connectivity index (χ1v) is 11.4. The second kappa shape index (κ2) is 9.20. The number of hydrogen-bond acceptors (Lipinski definition) is 4. The zero-order chi connectivity index (χ0) is 24.4. The van der Waals surface area contributed by atoms with E-state index in [1.807, 2.05) is 12.3 Å². The zero-order valence-electron chi connectivity index (χ0n) is 18.7. The van der Waals surface area contributed by atoms with Crippen molar-refractivity contribution in [3.63, 3.8) is 0 Å². The van der Waals surface area contributed by atoms with E-state index in [1.165, 1.54) is 18.9 Å². The van der Waals surface area contributed by atoms with Crippen molar-refractivity contribution >= 4 is 22.7 Å². The average molecular weight is 479 g/mol. The second-order valence-corrected chi connectivity index (χ2v) is 9.44. The van der Waals surface area contributed by atoms with Gasteiger partial charge in [-0.1, -0.05) is 32.0 Å². The van der Waals surface area contributed by atoms with E-state index in [1.54, 1.807) is 50.2 Å². The van der Waals surface area contributed by atoms with Gasteiger partial charge in [0.1, 0.15) is 11.3 Å². The summed E-state index contributed by atoms with van der Waals surface area (Å²) in [5.41, 5.74) is -2.97. The molecule has 0 bridgehead atoms. The number of halogens is 3. The number of para-hydroxylation sites is 1. The van der Waals surface area contributed by atoms with Crippen LogP contribution in [0.5, 0.6) is 5.75 Å². The number of nitrogens with one attached hydrogen (secondary N) is 1. The molecular formula is C24H25F3N2O3S. The van der Waals surface area contributed by atoms with E-state index in [9.17, 15) is 23.5 Å². The summed E-state index contributed by atoms with van der Waals surface area (Å²) in [6.07, 6.45) is -4.51. The highest BCUT2D eigenvalue weighted by atomic mass is 32.2. The summed E-state index contributed by atoms with van der Waals surface area (Å²) in [6.45, 7) is 3.28. The molecule has 0 aliphatic heterocycles. The number of methoxy groups -OCH3 is 1. The molecule has 1 aromatic heterocycles. The molecule has 2 N–H and O–H groups in total. The van der Waals surface area contributed by atoms with Crippen LogP contribution in [-0.4, -0.2) is 35.2 Å². The highest BCUT2D eigenvalue weighted by Crippen LogP contribution is 2.46. The molecule has 33 heavy (non-hydrogen) atoms. The number of fused-ring (bicyclic) bond motifs is 1. The minimum Gasteiger partial charge on any atom is -0.498 e. The molecule has 0 saturated carbocycles. The summed E-state index contributed by atoms with van der Waals surface area (Å²) in [5.74, 6) is 0.445. The Morgan fingerprint density at radius 3 is 2.48 bits per heavy atom. The molecule has 0 saturated heterocycles. The van der Waals surface area contributed by atoms with Gasteiger partial charge in [-0.25, -0.2) is 0 Å². The number of nitrogens with zero attached hydrogens (tertiary/aromatic N) is 1. The fraction of sp³-hybridized carbons (Fsp3) is 0.375. The lowest BCUT2D eigenvalue weighted by Crippen LogP contribution is -2.51. The van der Waals surface area contributed by atoms with Crippen LogP contribution in [0.3, 0.4) is 0 Å². The normalized spacial score (nSPS) is 13.9. The van der Waals surface area contributed by atoms with Crippen LogP contribution in [0.15, 0.2) is 47.4 Å². The number of thioether (sulfide) groups is 1. The predicted molar refractivity (Wildman–Crippen MR) is 125 cm³/mol. The summed E-state index contributed by atoms with van der Waals surface area (Å²) in [6, 6.07) is 14.3. The lowest BCUT2D eigenvalue weighted by atomic mass is 9.73. The van der Waals surface area contributed by atoms with Gasteiger partial charge in [0.2, 0.25) is 0 Å². The monoisotopic (exact) mass is 478 g/mol. The van der Waals surface area contributed by atoms with Gasteiger partial charge in [-0.2, -0.15) is 13.2 Å². The van der Waals surface area contributed by atoms with Gasteiger partial charge < -0.3 is 20.0 Å². The highest BCUT2D eigenvalue weighted by molar-refractivity contribution is 7.98. The number of alkyl halides is 3. The SMILES string of the molecule is COc1ccc(SC)cc1C(C)(C)CC(O)(Cc1[nH]c2ccccc2c1C#[N+][O-])C(F)(F)F. The molecule has 5 nitrogen and oxygen atoms in total. The van der Waals surface area contributed by atoms with Crippen molar-refractivity contribution < 1.29 is 23.0 Å². The van der Waals surface area contributed by atoms with Crippen LogP contribution in [-0.2, 0) is 11.8 Å². The maximum atomic E-state index is 14.3. The minimum absolute atomic E-state index is 0.0382. The predicted octanol–water partition coefficient (Wildman–Crippen LogP) is 6.28. The van der Waals surface area contributed by atoms with E-state index < -0.39 is 30.0 Å². The summed E-state index contributed by atoms with van der Waals surface area (Å²) in [4.78, 5) is 3.76. The molecule has 0 aliphatic carbocycles. The first kappa shape index (κ1) is 24.8. The Morgan fingerprint density at radius 2 is 1.88 bits per heavy atom. The second-order valence-electron chi connectivity index (χ2n) is 8.56. The molecule has 1 unspecified atom stereocenters. The third kappa shape index (κ3) is 4.92. The molecule has 0 fully saturated rings. The highest BCUT2D eigenvalue weighted by Gasteiger charge is 2.56. The molecule has 9 heteroatoms. The molecule has 0 aliphatic rings. The molecule has 1 atom stereocenters. The molecule has 3 rings (SSSR count). The number of H-pyrrole nitrogens is 1. The van der Waals surface area contributed by atoms with Crippen molar-refractivity contribution in [3.8, 4) is 11.8 Å². The van der Waals surface area contributed by atoms with Crippen molar-refractivity contribution in [2.24, 2.45) is 0 Å². The van der Waals surface area contributed by atoms with Crippen LogP contribution < -0.4 is 4.74 Å². The lowest BCUT2D eigenvalue weighted by molar-refractivity contribution is -0.266. The van der Waals surface area contributed by atoms with E-state index >= 15 is 0 Å². The van der Waals surface area contributed by atoms with Crippen molar-refractivity contribution in [3.05, 3.63) is 69.5 Å². The van der Waals surface area contributed by atoms with Gasteiger partial charge in [-0.05, 0) is 42.4 Å². The zero-order valence-corrected chi connectivity index (χ0v) is 19.5. The quantitative estimate of drug-likeness (QED) is 0.310. The first-order chi connectivity index (χ1) is 15.5. The topological polar surface area (TPSA) is 72.7 Å². The molecular weight excluding hydrogens is 453 g/mol. The Hall–Kier alpha value is -2.83. The van der Waals surface area contributed by atoms with E-state index in [2.05, 4.69) is 16.1 Å². The Bertz CT molecular complexity index is 1210. The van der Waals surface area contributed by atoms with Gasteiger partial charge in [0.05, 0.1) is 7.11 Å². The van der Waals surface area contributed by atoms with Crippen molar-refractivity contribution in [2.45, 2.75) is 48.8 Å². The molecule has 1 heterocycles. The van der Waals surface area contributed by atoms with E-state index in [0.29, 0.717) is 22.2 Å². The Morgan fingerprint density at radius 1 is 1.18 bits per heavy atom. The Labute approximate surface area is 194 Å². The van der Waals surface area contributed by atoms with Crippen LogP contribution in [0, 0.1) is 11.3 Å². The number of rotatable bonds is 7.